The predicted molar refractivity (Wildman–Crippen MR) is 201 cm³/mol. The van der Waals surface area contributed by atoms with Crippen molar-refractivity contribution in [2.75, 3.05) is 12.4 Å². The van der Waals surface area contributed by atoms with E-state index in [9.17, 15) is 14.4 Å². The van der Waals surface area contributed by atoms with Gasteiger partial charge in [-0.3, -0.25) is 19.7 Å². The van der Waals surface area contributed by atoms with Gasteiger partial charge in [-0.05, 0) is 123 Å². The molecule has 272 valence electrons. The third-order valence-electron chi connectivity index (χ3n) is 13.8. The van der Waals surface area contributed by atoms with E-state index < -0.39 is 16.9 Å². The van der Waals surface area contributed by atoms with Crippen molar-refractivity contribution in [2.45, 2.75) is 117 Å². The summed E-state index contributed by atoms with van der Waals surface area (Å²) in [4.78, 5) is 49.5. The number of imidazole rings is 1. The van der Waals surface area contributed by atoms with Crippen molar-refractivity contribution in [3.05, 3.63) is 70.5 Å². The quantitative estimate of drug-likeness (QED) is 0.164. The van der Waals surface area contributed by atoms with Crippen molar-refractivity contribution in [1.82, 2.24) is 20.6 Å². The number of H-pyrrole nitrogens is 1. The van der Waals surface area contributed by atoms with Crippen LogP contribution in [0.15, 0.2) is 53.6 Å². The minimum absolute atomic E-state index is 0.0450. The van der Waals surface area contributed by atoms with Gasteiger partial charge in [-0.1, -0.05) is 58.1 Å². The van der Waals surface area contributed by atoms with Gasteiger partial charge in [0.2, 0.25) is 17.7 Å². The van der Waals surface area contributed by atoms with Gasteiger partial charge in [0.25, 0.3) is 0 Å². The highest BCUT2D eigenvalue weighted by Crippen LogP contribution is 2.61. The Kier molecular flexibility index (Phi) is 9.88. The molecule has 6 N–H and O–H groups in total. The summed E-state index contributed by atoms with van der Waals surface area (Å²) in [5.41, 5.74) is 11.1. The van der Waals surface area contributed by atoms with Crippen LogP contribution >= 0.6 is 0 Å². The molecule has 0 saturated heterocycles. The molecule has 2 aromatic rings. The summed E-state index contributed by atoms with van der Waals surface area (Å²) in [6.45, 7) is 10.8. The fourth-order valence-electron chi connectivity index (χ4n) is 10.9. The van der Waals surface area contributed by atoms with Crippen molar-refractivity contribution in [2.24, 2.45) is 33.8 Å². The van der Waals surface area contributed by atoms with Crippen LogP contribution in [0.4, 0.5) is 5.69 Å². The van der Waals surface area contributed by atoms with E-state index in [1.165, 1.54) is 16.7 Å². The summed E-state index contributed by atoms with van der Waals surface area (Å²) in [5.74, 6) is 2.26. The first-order valence-corrected chi connectivity index (χ1v) is 18.8. The number of hydrogen-bond acceptors (Lipinski definition) is 6. The Morgan fingerprint density at radius 1 is 1.02 bits per heavy atom. The summed E-state index contributed by atoms with van der Waals surface area (Å²) >= 11 is 0. The van der Waals surface area contributed by atoms with Gasteiger partial charge in [-0.2, -0.15) is 0 Å². The van der Waals surface area contributed by atoms with E-state index in [2.05, 4.69) is 78.6 Å². The number of nitrogens with one attached hydrogen (secondary N) is 4. The standard InChI is InChI=1S/C42H56N6O3/c1-8-28(43)21-31-26(2)11-15-34-39(31,3)17-9-19-41(34,5)37(50)48-38(51)42(6)20-10-18-40(4)32-22-29(14-12-27(32)13-16-35(40)42)47-36(49)33(44-7)23-30-24-45-25-46-30/h1,12,14,21-22,24-25,33-35,44H,9-11,13,15-20,23,43H2,2-7H3,(H,45,46)(H,47,49)(H,48,50,51)/b28-21+/t33-,34?,35+,39+,40+,41-,42-/m0/s1. The number of carbonyl (C=O) groups excluding carboxylic acids is 3. The van der Waals surface area contributed by atoms with Crippen molar-refractivity contribution in [1.29, 1.82) is 0 Å². The van der Waals surface area contributed by atoms with Gasteiger partial charge in [-0.25, -0.2) is 4.98 Å². The van der Waals surface area contributed by atoms with Gasteiger partial charge in [0.1, 0.15) is 0 Å². The Morgan fingerprint density at radius 3 is 2.29 bits per heavy atom. The number of terminal acetylenes is 1. The van der Waals surface area contributed by atoms with E-state index in [0.29, 0.717) is 12.1 Å². The zero-order chi connectivity index (χ0) is 36.8. The topological polar surface area (TPSA) is 142 Å². The Balaban J connectivity index is 1.22. The molecule has 0 aliphatic heterocycles. The molecule has 51 heavy (non-hydrogen) atoms. The van der Waals surface area contributed by atoms with Crippen molar-refractivity contribution in [3.63, 3.8) is 0 Å². The van der Waals surface area contributed by atoms with Crippen LogP contribution in [-0.2, 0) is 32.6 Å². The van der Waals surface area contributed by atoms with Crippen LogP contribution in [0.1, 0.15) is 109 Å². The molecule has 0 bridgehead atoms. The maximum absolute atomic E-state index is 14.6. The Bertz CT molecular complexity index is 1800. The predicted octanol–water partition coefficient (Wildman–Crippen LogP) is 6.23. The minimum atomic E-state index is -0.715. The zero-order valence-corrected chi connectivity index (χ0v) is 31.3. The second-order valence-corrected chi connectivity index (χ2v) is 16.8. The van der Waals surface area contributed by atoms with E-state index in [1.807, 2.05) is 12.1 Å². The second-order valence-electron chi connectivity index (χ2n) is 16.8. The molecule has 9 heteroatoms. The molecule has 1 aromatic carbocycles. The number of anilines is 1. The SMILES string of the molecule is C#C/C(N)=C\C1=C(C)CCC2[C@@](C)(C(=O)NC(=O)[C@@]3(C)CCC[C@]4(C)c5cc(NC(=O)[C@H](Cc6cnc[nH]6)NC)ccc5CC[C@@H]34)CCC[C@]12C. The van der Waals surface area contributed by atoms with E-state index in [0.717, 1.165) is 81.2 Å². The maximum atomic E-state index is 14.6. The number of nitrogens with two attached hydrogens (primary N) is 1. The normalized spacial score (nSPS) is 32.5. The number of hydrogen-bond donors (Lipinski definition) is 5. The zero-order valence-electron chi connectivity index (χ0n) is 31.3. The van der Waals surface area contributed by atoms with Crippen LogP contribution in [0, 0.1) is 40.4 Å². The molecule has 1 aromatic heterocycles. The molecular formula is C42H56N6O3. The number of carbonyl (C=O) groups is 3. The molecule has 1 unspecified atom stereocenters. The molecule has 9 nitrogen and oxygen atoms in total. The number of imide groups is 1. The Morgan fingerprint density at radius 2 is 1.67 bits per heavy atom. The molecule has 4 aliphatic carbocycles. The number of likely N-dealkylation sites (N-methyl/N-ethyl adjacent to an activating group) is 1. The monoisotopic (exact) mass is 692 g/mol. The summed E-state index contributed by atoms with van der Waals surface area (Å²) in [7, 11) is 1.78. The average molecular weight is 693 g/mol. The lowest BCUT2D eigenvalue weighted by molar-refractivity contribution is -0.151. The number of aryl methyl sites for hydroxylation is 1. The first-order chi connectivity index (χ1) is 24.2. The number of rotatable bonds is 8. The lowest BCUT2D eigenvalue weighted by atomic mass is 9.49. The van der Waals surface area contributed by atoms with Crippen LogP contribution in [0.25, 0.3) is 0 Å². The highest BCUT2D eigenvalue weighted by Gasteiger charge is 2.58. The summed E-state index contributed by atoms with van der Waals surface area (Å²) < 4.78 is 0. The first kappa shape index (κ1) is 36.6. The highest BCUT2D eigenvalue weighted by atomic mass is 16.2. The number of aromatic amines is 1. The average Bonchev–Trinajstić information content (AvgIpc) is 3.62. The third kappa shape index (κ3) is 6.34. The molecule has 6 rings (SSSR count). The maximum Gasteiger partial charge on any atom is 0.241 e. The van der Waals surface area contributed by atoms with Crippen LogP contribution in [0.5, 0.6) is 0 Å². The molecule has 0 spiro atoms. The number of benzene rings is 1. The van der Waals surface area contributed by atoms with Gasteiger partial charge in [-0.15, -0.1) is 6.42 Å². The van der Waals surface area contributed by atoms with E-state index >= 15 is 0 Å². The van der Waals surface area contributed by atoms with Crippen molar-refractivity contribution < 1.29 is 14.4 Å². The fraction of sp³-hybridized carbons (Fsp3) is 0.571. The van der Waals surface area contributed by atoms with Gasteiger partial charge >= 0.3 is 0 Å². The summed E-state index contributed by atoms with van der Waals surface area (Å²) in [6.07, 6.45) is 20.0. The molecule has 0 radical (unpaired) electrons. The second kappa shape index (κ2) is 13.8. The van der Waals surface area contributed by atoms with Gasteiger partial charge in [0.15, 0.2) is 0 Å². The molecule has 1 heterocycles. The molecular weight excluding hydrogens is 637 g/mol. The molecule has 2 saturated carbocycles. The Hall–Kier alpha value is -4.16. The Labute approximate surface area is 303 Å². The molecule has 3 amide bonds. The first-order valence-electron chi connectivity index (χ1n) is 18.8. The van der Waals surface area contributed by atoms with Crippen molar-refractivity contribution in [3.8, 4) is 12.3 Å². The third-order valence-corrected chi connectivity index (χ3v) is 13.8. The lowest BCUT2D eigenvalue weighted by Gasteiger charge is -2.56. The van der Waals surface area contributed by atoms with Crippen LogP contribution < -0.4 is 21.7 Å². The largest absolute Gasteiger partial charge is 0.392 e. The van der Waals surface area contributed by atoms with Gasteiger partial charge < -0.3 is 21.4 Å². The molecule has 4 aliphatic rings. The van der Waals surface area contributed by atoms with Crippen LogP contribution in [-0.4, -0.2) is 40.8 Å². The number of aromatic nitrogens is 2. The van der Waals surface area contributed by atoms with Crippen LogP contribution in [0.3, 0.4) is 0 Å². The minimum Gasteiger partial charge on any atom is -0.392 e. The van der Waals surface area contributed by atoms with Gasteiger partial charge in [0, 0.05) is 24.0 Å². The number of fused-ring (bicyclic) bond motifs is 4. The van der Waals surface area contributed by atoms with Crippen LogP contribution in [0.2, 0.25) is 0 Å². The van der Waals surface area contributed by atoms with E-state index in [1.54, 1.807) is 19.6 Å². The summed E-state index contributed by atoms with van der Waals surface area (Å²) in [5, 5.41) is 9.30. The van der Waals surface area contributed by atoms with Gasteiger partial charge in [0.05, 0.1) is 28.9 Å². The molecule has 7 atom stereocenters. The molecule has 2 fully saturated rings. The smallest absolute Gasteiger partial charge is 0.241 e. The lowest BCUT2D eigenvalue weighted by Crippen LogP contribution is -2.59. The number of nitrogens with zero attached hydrogens (tertiary/aromatic N) is 1. The number of allylic oxidation sites excluding steroid dienone is 4. The summed E-state index contributed by atoms with van der Waals surface area (Å²) in [6, 6.07) is 5.82. The van der Waals surface area contributed by atoms with Crippen molar-refractivity contribution >= 4 is 23.4 Å². The number of amides is 3. The fourth-order valence-corrected chi connectivity index (χ4v) is 10.9. The van der Waals surface area contributed by atoms with E-state index in [4.69, 9.17) is 12.2 Å². The van der Waals surface area contributed by atoms with E-state index in [-0.39, 0.29) is 40.4 Å². The highest BCUT2D eigenvalue weighted by molar-refractivity contribution is 6.01.